The fraction of sp³-hybridized carbons (Fsp3) is 0.500. The third-order valence-corrected chi connectivity index (χ3v) is 4.93. The number of hydrogen-bond acceptors (Lipinski definition) is 1. The number of nitrogens with one attached hydrogen (secondary N) is 1. The van der Waals surface area contributed by atoms with Crippen molar-refractivity contribution >= 4 is 27.0 Å². The van der Waals surface area contributed by atoms with E-state index in [1.807, 2.05) is 0 Å². The van der Waals surface area contributed by atoms with Gasteiger partial charge in [0.25, 0.3) is 0 Å². The molecule has 0 radical (unpaired) electrons. The lowest BCUT2D eigenvalue weighted by molar-refractivity contribution is 0.480. The van der Waals surface area contributed by atoms with Crippen molar-refractivity contribution in [2.45, 2.75) is 31.6 Å². The number of halogens is 1. The van der Waals surface area contributed by atoms with Gasteiger partial charge >= 0.3 is 0 Å². The Hall–Kier alpha value is -0.830. The molecule has 2 aromatic rings. The smallest absolute Gasteiger partial charge is 0.110 e. The third-order valence-electron chi connectivity index (χ3n) is 4.43. The van der Waals surface area contributed by atoms with Gasteiger partial charge < -0.3 is 4.98 Å². The zero-order valence-electron chi connectivity index (χ0n) is 9.62. The number of benzene rings is 1. The number of aromatic nitrogens is 2. The quantitative estimate of drug-likeness (QED) is 0.837. The number of fused-ring (bicyclic) bond motifs is 2. The SMILES string of the molecule is Brc1ccc2nc(C3C4CCCCC43)[nH]c2c1. The summed E-state index contributed by atoms with van der Waals surface area (Å²) in [6.45, 7) is 0. The lowest BCUT2D eigenvalue weighted by atomic mass is 10.0. The van der Waals surface area contributed by atoms with Gasteiger partial charge in [0, 0.05) is 10.4 Å². The van der Waals surface area contributed by atoms with Gasteiger partial charge in [-0.1, -0.05) is 28.8 Å². The second-order valence-electron chi connectivity index (χ2n) is 5.42. The van der Waals surface area contributed by atoms with E-state index in [1.54, 1.807) is 0 Å². The van der Waals surface area contributed by atoms with Gasteiger partial charge in [-0.2, -0.15) is 0 Å². The molecule has 0 bridgehead atoms. The fourth-order valence-electron chi connectivity index (χ4n) is 3.56. The molecule has 0 saturated heterocycles. The topological polar surface area (TPSA) is 28.7 Å². The van der Waals surface area contributed by atoms with Gasteiger partial charge in [0.1, 0.15) is 5.82 Å². The van der Waals surface area contributed by atoms with E-state index in [1.165, 1.54) is 31.5 Å². The van der Waals surface area contributed by atoms with Crippen molar-refractivity contribution in [1.82, 2.24) is 9.97 Å². The minimum Gasteiger partial charge on any atom is -0.342 e. The van der Waals surface area contributed by atoms with E-state index in [9.17, 15) is 0 Å². The summed E-state index contributed by atoms with van der Waals surface area (Å²) in [6, 6.07) is 6.27. The Morgan fingerprint density at radius 1 is 1.18 bits per heavy atom. The van der Waals surface area contributed by atoms with E-state index in [0.29, 0.717) is 0 Å². The highest BCUT2D eigenvalue weighted by Crippen LogP contribution is 2.60. The van der Waals surface area contributed by atoms with Crippen LogP contribution in [0.1, 0.15) is 37.4 Å². The summed E-state index contributed by atoms with van der Waals surface area (Å²) in [6.07, 6.45) is 5.67. The predicted octanol–water partition coefficient (Wildman–Crippen LogP) is 4.23. The van der Waals surface area contributed by atoms with Gasteiger partial charge in [-0.15, -0.1) is 0 Å². The van der Waals surface area contributed by atoms with Crippen LogP contribution in [0.2, 0.25) is 0 Å². The fourth-order valence-corrected chi connectivity index (χ4v) is 3.92. The summed E-state index contributed by atoms with van der Waals surface area (Å²) in [5.41, 5.74) is 2.27. The summed E-state index contributed by atoms with van der Waals surface area (Å²) in [7, 11) is 0. The first-order valence-electron chi connectivity index (χ1n) is 6.48. The maximum absolute atomic E-state index is 4.76. The molecule has 2 saturated carbocycles. The van der Waals surface area contributed by atoms with Crippen LogP contribution in [0.15, 0.2) is 22.7 Å². The van der Waals surface area contributed by atoms with Gasteiger partial charge in [-0.05, 0) is 42.9 Å². The Kier molecular flexibility index (Phi) is 2.13. The molecule has 88 valence electrons. The van der Waals surface area contributed by atoms with Crippen molar-refractivity contribution in [2.75, 3.05) is 0 Å². The highest BCUT2D eigenvalue weighted by molar-refractivity contribution is 9.10. The summed E-state index contributed by atoms with van der Waals surface area (Å²) in [5.74, 6) is 3.80. The second kappa shape index (κ2) is 3.58. The van der Waals surface area contributed by atoms with Crippen LogP contribution in [0.25, 0.3) is 11.0 Å². The van der Waals surface area contributed by atoms with Crippen LogP contribution >= 0.6 is 15.9 Å². The molecule has 3 heteroatoms. The number of H-pyrrole nitrogens is 1. The van der Waals surface area contributed by atoms with Crippen LogP contribution in [0.3, 0.4) is 0 Å². The molecule has 0 spiro atoms. The minimum atomic E-state index is 0.726. The summed E-state index contributed by atoms with van der Waals surface area (Å²) < 4.78 is 1.12. The molecule has 2 atom stereocenters. The molecule has 1 heterocycles. The van der Waals surface area contributed by atoms with Gasteiger partial charge in [0.05, 0.1) is 11.0 Å². The second-order valence-corrected chi connectivity index (χ2v) is 6.34. The Bertz CT molecular complexity index is 563. The van der Waals surface area contributed by atoms with Crippen LogP contribution in [0.4, 0.5) is 0 Å². The monoisotopic (exact) mass is 290 g/mol. The number of hydrogen-bond donors (Lipinski definition) is 1. The van der Waals surface area contributed by atoms with E-state index >= 15 is 0 Å². The van der Waals surface area contributed by atoms with E-state index < -0.39 is 0 Å². The highest BCUT2D eigenvalue weighted by Gasteiger charge is 2.52. The van der Waals surface area contributed by atoms with Crippen LogP contribution in [0.5, 0.6) is 0 Å². The molecule has 2 unspecified atom stereocenters. The molecular weight excluding hydrogens is 276 g/mol. The number of rotatable bonds is 1. The maximum Gasteiger partial charge on any atom is 0.110 e. The molecule has 4 rings (SSSR count). The standard InChI is InChI=1S/C14H15BrN2/c15-8-5-6-11-12(7-8)17-14(16-11)13-9-3-1-2-4-10(9)13/h5-7,9-10,13H,1-4H2,(H,16,17). The molecule has 2 fully saturated rings. The average Bonchev–Trinajstić information content (AvgIpc) is 2.93. The van der Waals surface area contributed by atoms with Gasteiger partial charge in [0.2, 0.25) is 0 Å². The molecular formula is C14H15BrN2. The molecule has 2 aliphatic carbocycles. The van der Waals surface area contributed by atoms with Crippen molar-refractivity contribution < 1.29 is 0 Å². The molecule has 17 heavy (non-hydrogen) atoms. The molecule has 2 aliphatic rings. The van der Waals surface area contributed by atoms with Gasteiger partial charge in [-0.3, -0.25) is 0 Å². The van der Waals surface area contributed by atoms with Crippen LogP contribution in [0, 0.1) is 11.8 Å². The number of nitrogens with zero attached hydrogens (tertiary/aromatic N) is 1. The minimum absolute atomic E-state index is 0.726. The summed E-state index contributed by atoms with van der Waals surface area (Å²) in [4.78, 5) is 8.28. The molecule has 0 amide bonds. The van der Waals surface area contributed by atoms with E-state index in [0.717, 1.165) is 33.3 Å². The van der Waals surface area contributed by atoms with Crippen molar-refractivity contribution in [1.29, 1.82) is 0 Å². The molecule has 1 N–H and O–H groups in total. The predicted molar refractivity (Wildman–Crippen MR) is 72.0 cm³/mol. The van der Waals surface area contributed by atoms with Crippen LogP contribution in [-0.4, -0.2) is 9.97 Å². The first kappa shape index (κ1) is 10.1. The lowest BCUT2D eigenvalue weighted by Gasteiger charge is -2.04. The zero-order chi connectivity index (χ0) is 11.4. The van der Waals surface area contributed by atoms with Crippen molar-refractivity contribution in [3.8, 4) is 0 Å². The Balaban J connectivity index is 1.72. The molecule has 0 aliphatic heterocycles. The number of imidazole rings is 1. The Morgan fingerprint density at radius 2 is 1.94 bits per heavy atom. The van der Waals surface area contributed by atoms with E-state index in [-0.39, 0.29) is 0 Å². The molecule has 1 aromatic carbocycles. The summed E-state index contributed by atoms with van der Waals surface area (Å²) >= 11 is 3.51. The van der Waals surface area contributed by atoms with Gasteiger partial charge in [-0.25, -0.2) is 4.98 Å². The summed E-state index contributed by atoms with van der Waals surface area (Å²) in [5, 5.41) is 0. The lowest BCUT2D eigenvalue weighted by Crippen LogP contribution is -1.91. The van der Waals surface area contributed by atoms with E-state index in [2.05, 4.69) is 39.1 Å². The van der Waals surface area contributed by atoms with Crippen molar-refractivity contribution in [3.05, 3.63) is 28.5 Å². The molecule has 2 nitrogen and oxygen atoms in total. The van der Waals surface area contributed by atoms with Gasteiger partial charge in [0.15, 0.2) is 0 Å². The maximum atomic E-state index is 4.76. The van der Waals surface area contributed by atoms with Crippen LogP contribution < -0.4 is 0 Å². The largest absolute Gasteiger partial charge is 0.342 e. The van der Waals surface area contributed by atoms with Crippen LogP contribution in [-0.2, 0) is 0 Å². The van der Waals surface area contributed by atoms with Crippen molar-refractivity contribution in [2.24, 2.45) is 11.8 Å². The first-order chi connectivity index (χ1) is 8.33. The first-order valence-corrected chi connectivity index (χ1v) is 7.27. The zero-order valence-corrected chi connectivity index (χ0v) is 11.2. The third kappa shape index (κ3) is 1.55. The highest BCUT2D eigenvalue weighted by atomic mass is 79.9. The Morgan fingerprint density at radius 3 is 2.71 bits per heavy atom. The average molecular weight is 291 g/mol. The normalized spacial score (nSPS) is 31.5. The number of aromatic amines is 1. The van der Waals surface area contributed by atoms with E-state index in [4.69, 9.17) is 4.98 Å². The molecule has 1 aromatic heterocycles. The van der Waals surface area contributed by atoms with Crippen molar-refractivity contribution in [3.63, 3.8) is 0 Å². The Labute approximate surface area is 109 Å².